The van der Waals surface area contributed by atoms with Gasteiger partial charge in [0.15, 0.2) is 0 Å². The van der Waals surface area contributed by atoms with Crippen molar-refractivity contribution in [3.63, 3.8) is 0 Å². The Morgan fingerprint density at radius 1 is 1.24 bits per heavy atom. The summed E-state index contributed by atoms with van der Waals surface area (Å²) in [5.41, 5.74) is 6.60. The van der Waals surface area contributed by atoms with E-state index in [2.05, 4.69) is 9.97 Å². The van der Waals surface area contributed by atoms with E-state index in [0.29, 0.717) is 17.8 Å². The van der Waals surface area contributed by atoms with Crippen LogP contribution in [0.4, 0.5) is 4.39 Å². The second-order valence-corrected chi connectivity index (χ2v) is 4.01. The molecular weight excluding hydrogens is 241 g/mol. The molecule has 88 valence electrons. The van der Waals surface area contributed by atoms with Crippen LogP contribution in [0.15, 0.2) is 36.7 Å². The van der Waals surface area contributed by atoms with Crippen LogP contribution in [0, 0.1) is 5.82 Å². The molecule has 0 fully saturated rings. The summed E-state index contributed by atoms with van der Waals surface area (Å²) in [6.45, 7) is 0. The molecule has 0 aliphatic rings. The van der Waals surface area contributed by atoms with Gasteiger partial charge in [-0.15, -0.1) is 0 Å². The molecule has 1 atom stereocenters. The first-order valence-electron chi connectivity index (χ1n) is 5.14. The third kappa shape index (κ3) is 2.78. The van der Waals surface area contributed by atoms with Gasteiger partial charge in [-0.25, -0.2) is 14.4 Å². The maximum atomic E-state index is 13.2. The zero-order valence-electron chi connectivity index (χ0n) is 8.98. The van der Waals surface area contributed by atoms with Crippen LogP contribution in [0.5, 0.6) is 0 Å². The third-order valence-electron chi connectivity index (χ3n) is 2.39. The van der Waals surface area contributed by atoms with Gasteiger partial charge in [0.25, 0.3) is 0 Å². The van der Waals surface area contributed by atoms with Gasteiger partial charge < -0.3 is 5.73 Å². The summed E-state index contributed by atoms with van der Waals surface area (Å²) < 4.78 is 13.2. The third-order valence-corrected chi connectivity index (χ3v) is 2.81. The van der Waals surface area contributed by atoms with Gasteiger partial charge in [-0.2, -0.15) is 0 Å². The molecule has 1 aromatic heterocycles. The quantitative estimate of drug-likeness (QED) is 0.912. The molecule has 0 saturated carbocycles. The van der Waals surface area contributed by atoms with Gasteiger partial charge in [-0.05, 0) is 24.1 Å². The Hall–Kier alpha value is -1.52. The lowest BCUT2D eigenvalue weighted by atomic mass is 10.1. The largest absolute Gasteiger partial charge is 0.321 e. The van der Waals surface area contributed by atoms with E-state index in [-0.39, 0.29) is 5.02 Å². The van der Waals surface area contributed by atoms with Crippen molar-refractivity contribution < 1.29 is 4.39 Å². The van der Waals surface area contributed by atoms with E-state index in [4.69, 9.17) is 17.3 Å². The van der Waals surface area contributed by atoms with E-state index in [1.165, 1.54) is 6.07 Å². The predicted octanol–water partition coefficient (Wildman–Crippen LogP) is 2.51. The van der Waals surface area contributed by atoms with Gasteiger partial charge in [0.2, 0.25) is 0 Å². The Balaban J connectivity index is 2.19. The molecule has 0 spiro atoms. The molecule has 0 amide bonds. The first kappa shape index (κ1) is 12.0. The van der Waals surface area contributed by atoms with Crippen molar-refractivity contribution >= 4 is 11.6 Å². The van der Waals surface area contributed by atoms with Crippen molar-refractivity contribution in [1.29, 1.82) is 0 Å². The monoisotopic (exact) mass is 251 g/mol. The maximum absolute atomic E-state index is 13.2. The number of hydrogen-bond donors (Lipinski definition) is 1. The normalized spacial score (nSPS) is 12.4. The topological polar surface area (TPSA) is 51.8 Å². The molecule has 0 radical (unpaired) electrons. The van der Waals surface area contributed by atoms with Gasteiger partial charge in [-0.1, -0.05) is 23.7 Å². The summed E-state index contributed by atoms with van der Waals surface area (Å²) in [7, 11) is 0. The smallest absolute Gasteiger partial charge is 0.145 e. The van der Waals surface area contributed by atoms with Gasteiger partial charge in [0, 0.05) is 12.4 Å². The van der Waals surface area contributed by atoms with E-state index < -0.39 is 11.9 Å². The molecule has 1 heterocycles. The average Bonchev–Trinajstić information content (AvgIpc) is 2.36. The Bertz CT molecular complexity index is 504. The fourth-order valence-corrected chi connectivity index (χ4v) is 1.74. The van der Waals surface area contributed by atoms with Crippen molar-refractivity contribution in [1.82, 2.24) is 9.97 Å². The van der Waals surface area contributed by atoms with Crippen LogP contribution in [0.3, 0.4) is 0 Å². The highest BCUT2D eigenvalue weighted by molar-refractivity contribution is 6.31. The van der Waals surface area contributed by atoms with Crippen LogP contribution < -0.4 is 5.73 Å². The first-order valence-corrected chi connectivity index (χ1v) is 5.51. The molecule has 1 unspecified atom stereocenters. The molecular formula is C12H11ClFN3. The lowest BCUT2D eigenvalue weighted by molar-refractivity contribution is 0.618. The van der Waals surface area contributed by atoms with Crippen LogP contribution in [-0.2, 0) is 6.42 Å². The zero-order chi connectivity index (χ0) is 12.3. The van der Waals surface area contributed by atoms with E-state index in [1.54, 1.807) is 30.6 Å². The summed E-state index contributed by atoms with van der Waals surface area (Å²) in [6.07, 6.45) is 3.64. The number of aromatic nitrogens is 2. The minimum Gasteiger partial charge on any atom is -0.321 e. The molecule has 0 saturated heterocycles. The molecule has 1 aromatic carbocycles. The van der Waals surface area contributed by atoms with Gasteiger partial charge in [-0.3, -0.25) is 0 Å². The van der Waals surface area contributed by atoms with Crippen LogP contribution >= 0.6 is 11.6 Å². The van der Waals surface area contributed by atoms with Crippen LogP contribution in [0.25, 0.3) is 0 Å². The molecule has 2 aromatic rings. The highest BCUT2D eigenvalue weighted by Gasteiger charge is 2.13. The van der Waals surface area contributed by atoms with Crippen LogP contribution in [0.2, 0.25) is 5.02 Å². The number of hydrogen-bond acceptors (Lipinski definition) is 3. The average molecular weight is 252 g/mol. The van der Waals surface area contributed by atoms with E-state index in [0.717, 1.165) is 0 Å². The highest BCUT2D eigenvalue weighted by atomic mass is 35.5. The van der Waals surface area contributed by atoms with E-state index in [9.17, 15) is 4.39 Å². The van der Waals surface area contributed by atoms with Crippen molar-refractivity contribution in [3.05, 3.63) is 58.9 Å². The Morgan fingerprint density at radius 2 is 1.94 bits per heavy atom. The summed E-state index contributed by atoms with van der Waals surface area (Å²) >= 11 is 5.85. The molecule has 17 heavy (non-hydrogen) atoms. The number of nitrogens with zero attached hydrogens (tertiary/aromatic N) is 2. The Labute approximate surface area is 103 Å². The molecule has 0 aliphatic carbocycles. The summed E-state index contributed by atoms with van der Waals surface area (Å²) in [5.74, 6) is 0.0816. The second-order valence-electron chi connectivity index (χ2n) is 3.63. The summed E-state index contributed by atoms with van der Waals surface area (Å²) in [5, 5.41) is 0.110. The molecule has 3 nitrogen and oxygen atoms in total. The molecule has 2 N–H and O–H groups in total. The zero-order valence-corrected chi connectivity index (χ0v) is 9.73. The molecule has 5 heteroatoms. The fourth-order valence-electron chi connectivity index (χ4n) is 1.54. The molecule has 2 rings (SSSR count). The summed E-state index contributed by atoms with van der Waals surface area (Å²) in [6, 6.07) is 5.99. The Kier molecular flexibility index (Phi) is 3.66. The minimum absolute atomic E-state index is 0.110. The van der Waals surface area contributed by atoms with Crippen molar-refractivity contribution in [2.75, 3.05) is 0 Å². The standard InChI is InChI=1S/C12H11ClFN3/c13-11-8(3-1-4-9(11)14)7-10(15)12-16-5-2-6-17-12/h1-6,10H,7,15H2. The predicted molar refractivity (Wildman–Crippen MR) is 64.1 cm³/mol. The van der Waals surface area contributed by atoms with E-state index in [1.807, 2.05) is 0 Å². The summed E-state index contributed by atoms with van der Waals surface area (Å²) in [4.78, 5) is 8.11. The number of halogens is 2. The van der Waals surface area contributed by atoms with Gasteiger partial charge in [0.1, 0.15) is 11.6 Å². The molecule has 0 bridgehead atoms. The SMILES string of the molecule is NC(Cc1cccc(F)c1Cl)c1ncccn1. The first-order chi connectivity index (χ1) is 8.18. The highest BCUT2D eigenvalue weighted by Crippen LogP contribution is 2.23. The number of benzene rings is 1. The van der Waals surface area contributed by atoms with E-state index >= 15 is 0 Å². The minimum atomic E-state index is -0.439. The Morgan fingerprint density at radius 3 is 2.65 bits per heavy atom. The van der Waals surface area contributed by atoms with Crippen molar-refractivity contribution in [3.8, 4) is 0 Å². The van der Waals surface area contributed by atoms with Crippen molar-refractivity contribution in [2.45, 2.75) is 12.5 Å². The van der Waals surface area contributed by atoms with Crippen molar-refractivity contribution in [2.24, 2.45) is 5.73 Å². The maximum Gasteiger partial charge on any atom is 0.145 e. The lowest BCUT2D eigenvalue weighted by Gasteiger charge is -2.11. The second kappa shape index (κ2) is 5.21. The van der Waals surface area contributed by atoms with Crippen LogP contribution in [-0.4, -0.2) is 9.97 Å². The van der Waals surface area contributed by atoms with Crippen LogP contribution in [0.1, 0.15) is 17.4 Å². The van der Waals surface area contributed by atoms with Gasteiger partial charge >= 0.3 is 0 Å². The molecule has 0 aliphatic heterocycles. The number of nitrogens with two attached hydrogens (primary N) is 1. The van der Waals surface area contributed by atoms with Gasteiger partial charge in [0.05, 0.1) is 11.1 Å². The number of rotatable bonds is 3. The lowest BCUT2D eigenvalue weighted by Crippen LogP contribution is -2.16. The fraction of sp³-hybridized carbons (Fsp3) is 0.167.